The van der Waals surface area contributed by atoms with Crippen LogP contribution in [-0.4, -0.2) is 25.2 Å². The SMILES string of the molecule is C=C1C(=O)O[C@@H]2C=C(C)CCC=C(CNCCC)CC[C@@H]12. The first kappa shape index (κ1) is 16.0. The molecule has 2 aliphatic rings. The minimum Gasteiger partial charge on any atom is -0.454 e. The fourth-order valence-corrected chi connectivity index (χ4v) is 3.02. The molecular formula is C18H27NO2. The minimum atomic E-state index is -0.220. The van der Waals surface area contributed by atoms with Crippen molar-refractivity contribution in [1.82, 2.24) is 5.32 Å². The molecule has 21 heavy (non-hydrogen) atoms. The van der Waals surface area contributed by atoms with Crippen molar-refractivity contribution in [1.29, 1.82) is 0 Å². The molecular weight excluding hydrogens is 262 g/mol. The smallest absolute Gasteiger partial charge is 0.334 e. The van der Waals surface area contributed by atoms with Crippen LogP contribution in [0.4, 0.5) is 0 Å². The third kappa shape index (κ3) is 4.31. The van der Waals surface area contributed by atoms with Gasteiger partial charge in [-0.15, -0.1) is 0 Å². The topological polar surface area (TPSA) is 38.3 Å². The molecule has 0 bridgehead atoms. The van der Waals surface area contributed by atoms with Crippen LogP contribution < -0.4 is 5.32 Å². The van der Waals surface area contributed by atoms with E-state index in [1.807, 2.05) is 0 Å². The van der Waals surface area contributed by atoms with Crippen LogP contribution in [0.5, 0.6) is 0 Å². The molecule has 3 nitrogen and oxygen atoms in total. The van der Waals surface area contributed by atoms with Crippen LogP contribution in [-0.2, 0) is 9.53 Å². The summed E-state index contributed by atoms with van der Waals surface area (Å²) in [6.45, 7) is 10.2. The van der Waals surface area contributed by atoms with Crippen molar-refractivity contribution < 1.29 is 9.53 Å². The number of allylic oxidation sites excluding steroid dienone is 2. The maximum Gasteiger partial charge on any atom is 0.334 e. The highest BCUT2D eigenvalue weighted by Gasteiger charge is 2.37. The summed E-state index contributed by atoms with van der Waals surface area (Å²) < 4.78 is 5.46. The summed E-state index contributed by atoms with van der Waals surface area (Å²) in [6, 6.07) is 0. The molecule has 1 aliphatic carbocycles. The Morgan fingerprint density at radius 1 is 1.43 bits per heavy atom. The zero-order valence-electron chi connectivity index (χ0n) is 13.3. The minimum absolute atomic E-state index is 0.104. The molecule has 0 saturated carbocycles. The molecule has 0 amide bonds. The highest BCUT2D eigenvalue weighted by molar-refractivity contribution is 5.91. The Hall–Kier alpha value is -1.35. The van der Waals surface area contributed by atoms with Gasteiger partial charge < -0.3 is 10.1 Å². The number of carbonyl (C=O) groups is 1. The van der Waals surface area contributed by atoms with Gasteiger partial charge in [-0.2, -0.15) is 0 Å². The number of ether oxygens (including phenoxy) is 1. The van der Waals surface area contributed by atoms with Gasteiger partial charge >= 0.3 is 5.97 Å². The second-order valence-corrected chi connectivity index (χ2v) is 6.13. The van der Waals surface area contributed by atoms with Gasteiger partial charge in [0, 0.05) is 18.0 Å². The van der Waals surface area contributed by atoms with Gasteiger partial charge in [0.1, 0.15) is 6.10 Å². The molecule has 0 aromatic rings. The van der Waals surface area contributed by atoms with E-state index in [4.69, 9.17) is 4.74 Å². The number of rotatable bonds is 4. The Morgan fingerprint density at radius 2 is 2.24 bits per heavy atom. The Labute approximate surface area is 128 Å². The molecule has 0 aromatic heterocycles. The molecule has 0 spiro atoms. The first-order valence-electron chi connectivity index (χ1n) is 8.07. The van der Waals surface area contributed by atoms with Gasteiger partial charge in [0.15, 0.2) is 0 Å². The molecule has 2 atom stereocenters. The standard InChI is InChI=1S/C18H27NO2/c1-4-10-19-12-15-7-5-6-13(2)11-17-16(9-8-15)14(3)18(20)21-17/h7,11,16-17,19H,3-6,8-10,12H2,1-2H3/t16-,17+/m0/s1. The summed E-state index contributed by atoms with van der Waals surface area (Å²) in [4.78, 5) is 11.8. The van der Waals surface area contributed by atoms with Gasteiger partial charge in [0.2, 0.25) is 0 Å². The number of hydrogen-bond donors (Lipinski definition) is 1. The van der Waals surface area contributed by atoms with E-state index in [0.717, 1.165) is 45.2 Å². The van der Waals surface area contributed by atoms with Gasteiger partial charge in [0.05, 0.1) is 0 Å². The summed E-state index contributed by atoms with van der Waals surface area (Å²) in [6.07, 6.45) is 9.59. The lowest BCUT2D eigenvalue weighted by Crippen LogP contribution is -2.20. The highest BCUT2D eigenvalue weighted by Crippen LogP contribution is 2.34. The van der Waals surface area contributed by atoms with E-state index in [1.54, 1.807) is 0 Å². The molecule has 116 valence electrons. The lowest BCUT2D eigenvalue weighted by Gasteiger charge is -2.18. The van der Waals surface area contributed by atoms with Crippen LogP contribution in [0, 0.1) is 5.92 Å². The van der Waals surface area contributed by atoms with E-state index in [-0.39, 0.29) is 18.0 Å². The van der Waals surface area contributed by atoms with E-state index >= 15 is 0 Å². The Kier molecular flexibility index (Phi) is 5.80. The average Bonchev–Trinajstić information content (AvgIpc) is 2.71. The lowest BCUT2D eigenvalue weighted by molar-refractivity contribution is -0.137. The van der Waals surface area contributed by atoms with Gasteiger partial charge in [0.25, 0.3) is 0 Å². The number of esters is 1. The maximum absolute atomic E-state index is 11.8. The molecule has 2 rings (SSSR count). The largest absolute Gasteiger partial charge is 0.454 e. The van der Waals surface area contributed by atoms with Gasteiger partial charge in [-0.05, 0) is 51.6 Å². The number of hydrogen-bond acceptors (Lipinski definition) is 3. The second-order valence-electron chi connectivity index (χ2n) is 6.13. The van der Waals surface area contributed by atoms with Crippen LogP contribution in [0.3, 0.4) is 0 Å². The van der Waals surface area contributed by atoms with Gasteiger partial charge in [-0.25, -0.2) is 4.79 Å². The molecule has 0 unspecified atom stereocenters. The monoisotopic (exact) mass is 289 g/mol. The summed E-state index contributed by atoms with van der Waals surface area (Å²) in [5.74, 6) is -0.0805. The lowest BCUT2D eigenvalue weighted by atomic mass is 9.88. The van der Waals surface area contributed by atoms with Gasteiger partial charge in [-0.3, -0.25) is 0 Å². The predicted octanol–water partition coefficient (Wildman–Crippen LogP) is 3.53. The fourth-order valence-electron chi connectivity index (χ4n) is 3.02. The summed E-state index contributed by atoms with van der Waals surface area (Å²) in [5.41, 5.74) is 3.39. The van der Waals surface area contributed by atoms with Crippen molar-refractivity contribution in [3.63, 3.8) is 0 Å². The van der Waals surface area contributed by atoms with Crippen LogP contribution in [0.25, 0.3) is 0 Å². The van der Waals surface area contributed by atoms with E-state index < -0.39 is 0 Å². The number of nitrogens with one attached hydrogen (secondary N) is 1. The zero-order chi connectivity index (χ0) is 15.2. The molecule has 1 heterocycles. The Balaban J connectivity index is 2.07. The first-order chi connectivity index (χ1) is 10.1. The summed E-state index contributed by atoms with van der Waals surface area (Å²) in [5, 5.41) is 3.48. The third-order valence-electron chi connectivity index (χ3n) is 4.33. The van der Waals surface area contributed by atoms with E-state index in [1.165, 1.54) is 11.1 Å². The quantitative estimate of drug-likeness (QED) is 0.372. The average molecular weight is 289 g/mol. The van der Waals surface area contributed by atoms with Crippen LogP contribution in [0.2, 0.25) is 0 Å². The zero-order valence-corrected chi connectivity index (χ0v) is 13.3. The van der Waals surface area contributed by atoms with Crippen molar-refractivity contribution in [2.45, 2.75) is 52.1 Å². The van der Waals surface area contributed by atoms with Crippen molar-refractivity contribution in [3.05, 3.63) is 35.5 Å². The first-order valence-corrected chi connectivity index (χ1v) is 8.07. The van der Waals surface area contributed by atoms with E-state index in [2.05, 4.69) is 37.9 Å². The molecule has 1 aliphatic heterocycles. The molecule has 1 fully saturated rings. The van der Waals surface area contributed by atoms with E-state index in [9.17, 15) is 4.79 Å². The summed E-state index contributed by atoms with van der Waals surface area (Å²) >= 11 is 0. The Morgan fingerprint density at radius 3 is 3.00 bits per heavy atom. The highest BCUT2D eigenvalue weighted by atomic mass is 16.5. The molecule has 0 radical (unpaired) electrons. The van der Waals surface area contributed by atoms with Gasteiger partial charge in [-0.1, -0.05) is 30.7 Å². The molecule has 1 N–H and O–H groups in total. The van der Waals surface area contributed by atoms with E-state index in [0.29, 0.717) is 5.57 Å². The van der Waals surface area contributed by atoms with Crippen molar-refractivity contribution in [3.8, 4) is 0 Å². The third-order valence-corrected chi connectivity index (χ3v) is 4.33. The maximum atomic E-state index is 11.8. The Bertz CT molecular complexity index is 462. The summed E-state index contributed by atoms with van der Waals surface area (Å²) in [7, 11) is 0. The van der Waals surface area contributed by atoms with Crippen molar-refractivity contribution in [2.24, 2.45) is 5.92 Å². The van der Waals surface area contributed by atoms with Crippen LogP contribution >= 0.6 is 0 Å². The predicted molar refractivity (Wildman–Crippen MR) is 86.0 cm³/mol. The van der Waals surface area contributed by atoms with Crippen LogP contribution in [0.15, 0.2) is 35.5 Å². The molecule has 1 saturated heterocycles. The van der Waals surface area contributed by atoms with Crippen molar-refractivity contribution >= 4 is 5.97 Å². The van der Waals surface area contributed by atoms with Crippen molar-refractivity contribution in [2.75, 3.05) is 13.1 Å². The number of fused-ring (bicyclic) bond motifs is 1. The number of carbonyl (C=O) groups excluding carboxylic acids is 1. The normalized spacial score (nSPS) is 26.8. The molecule has 0 aromatic carbocycles. The second kappa shape index (κ2) is 7.60. The van der Waals surface area contributed by atoms with Crippen LogP contribution in [0.1, 0.15) is 46.0 Å². The molecule has 3 heteroatoms. The fraction of sp³-hybridized carbons (Fsp3) is 0.611.